The summed E-state index contributed by atoms with van der Waals surface area (Å²) in [7, 11) is 0. The van der Waals surface area contributed by atoms with Crippen LogP contribution in [0.3, 0.4) is 0 Å². The van der Waals surface area contributed by atoms with Gasteiger partial charge < -0.3 is 26.4 Å². The predicted octanol–water partition coefficient (Wildman–Crippen LogP) is -0.635. The molecule has 0 spiro atoms. The fourth-order valence-electron chi connectivity index (χ4n) is 5.32. The summed E-state index contributed by atoms with van der Waals surface area (Å²) in [6, 6.07) is 0.334. The molecule has 0 radical (unpaired) electrons. The van der Waals surface area contributed by atoms with Crippen molar-refractivity contribution in [2.75, 3.05) is 70.1 Å². The summed E-state index contributed by atoms with van der Waals surface area (Å²) in [5.41, 5.74) is 6.73. The molecule has 31 heavy (non-hydrogen) atoms. The minimum absolute atomic E-state index is 0.0229. The van der Waals surface area contributed by atoms with Crippen LogP contribution in [0.4, 0.5) is 11.6 Å². The summed E-state index contributed by atoms with van der Waals surface area (Å²) < 4.78 is 7.15. The van der Waals surface area contributed by atoms with Crippen LogP contribution in [0.2, 0.25) is 0 Å². The first-order chi connectivity index (χ1) is 14.9. The maximum Gasteiger partial charge on any atom is 0.259 e. The van der Waals surface area contributed by atoms with Gasteiger partial charge in [-0.2, -0.15) is 5.10 Å². The number of rotatable bonds is 4. The first kappa shape index (κ1) is 21.3. The molecule has 3 fully saturated rings. The minimum Gasteiger partial charge on any atom is -0.381 e. The maximum absolute atomic E-state index is 13.2. The van der Waals surface area contributed by atoms with Gasteiger partial charge in [-0.3, -0.25) is 14.6 Å². The van der Waals surface area contributed by atoms with E-state index < -0.39 is 0 Å². The zero-order valence-electron chi connectivity index (χ0n) is 18.1. The average Bonchev–Trinajstić information content (AvgIpc) is 3.07. The number of carbonyl (C=O) groups excluding carboxylic acids is 1. The smallest absolute Gasteiger partial charge is 0.259 e. The van der Waals surface area contributed by atoms with Crippen molar-refractivity contribution in [1.82, 2.24) is 30.2 Å². The number of piperidine rings is 1. The summed E-state index contributed by atoms with van der Waals surface area (Å²) in [6.07, 6.45) is 1.01. The molecule has 0 aliphatic carbocycles. The lowest BCUT2D eigenvalue weighted by Crippen LogP contribution is -2.67. The molecule has 1 aromatic heterocycles. The number of ether oxygens (including phenoxy) is 1. The largest absolute Gasteiger partial charge is 0.381 e. The number of piperazine rings is 1. The van der Waals surface area contributed by atoms with Gasteiger partial charge in [-0.1, -0.05) is 0 Å². The van der Waals surface area contributed by atoms with Crippen molar-refractivity contribution in [2.24, 2.45) is 0 Å². The number of nitrogens with one attached hydrogen (secondary N) is 3. The van der Waals surface area contributed by atoms with Crippen LogP contribution in [-0.4, -0.2) is 108 Å². The lowest BCUT2D eigenvalue weighted by Gasteiger charge is -2.52. The van der Waals surface area contributed by atoms with E-state index in [-0.39, 0.29) is 28.7 Å². The number of hydrogen-bond acceptors (Lipinski definition) is 8. The van der Waals surface area contributed by atoms with Gasteiger partial charge in [-0.05, 0) is 19.9 Å². The molecule has 172 valence electrons. The number of nitrogens with zero attached hydrogens (tertiary/aromatic N) is 4. The third-order valence-corrected chi connectivity index (χ3v) is 7.50. The number of fused-ring (bicyclic) bond motifs is 1. The van der Waals surface area contributed by atoms with E-state index in [9.17, 15) is 4.79 Å². The first-order valence-electron chi connectivity index (χ1n) is 11.3. The second-order valence-electron chi connectivity index (χ2n) is 9.42. The van der Waals surface area contributed by atoms with Crippen molar-refractivity contribution < 1.29 is 9.53 Å². The summed E-state index contributed by atoms with van der Waals surface area (Å²) >= 11 is 6.21. The molecule has 5 heterocycles. The molecule has 0 bridgehead atoms. The quantitative estimate of drug-likeness (QED) is 0.446. The van der Waals surface area contributed by atoms with Gasteiger partial charge in [0.15, 0.2) is 5.82 Å². The third kappa shape index (κ3) is 4.00. The zero-order valence-corrected chi connectivity index (χ0v) is 18.8. The van der Waals surface area contributed by atoms with E-state index in [1.807, 2.05) is 0 Å². The fraction of sp³-hybridized carbons (Fsp3) is 0.800. The molecule has 0 saturated carbocycles. The Labute approximate surface area is 187 Å². The van der Waals surface area contributed by atoms with Crippen molar-refractivity contribution in [3.05, 3.63) is 5.56 Å². The van der Waals surface area contributed by atoms with Gasteiger partial charge in [0, 0.05) is 45.3 Å². The van der Waals surface area contributed by atoms with Gasteiger partial charge in [0.2, 0.25) is 0 Å². The van der Waals surface area contributed by atoms with Gasteiger partial charge in [0.1, 0.15) is 11.4 Å². The zero-order chi connectivity index (χ0) is 21.6. The van der Waals surface area contributed by atoms with Crippen LogP contribution in [0.1, 0.15) is 23.7 Å². The van der Waals surface area contributed by atoms with Gasteiger partial charge in [-0.15, -0.1) is 11.6 Å². The number of amides is 1. The second-order valence-corrected chi connectivity index (χ2v) is 10.0. The number of anilines is 2. The lowest BCUT2D eigenvalue weighted by molar-refractivity contribution is -0.142. The molecule has 4 aliphatic heterocycles. The number of halogens is 1. The van der Waals surface area contributed by atoms with Crippen molar-refractivity contribution >= 4 is 29.1 Å². The molecular weight excluding hydrogens is 420 g/mol. The summed E-state index contributed by atoms with van der Waals surface area (Å²) in [4.78, 5) is 18.3. The molecule has 3 unspecified atom stereocenters. The fourth-order valence-corrected chi connectivity index (χ4v) is 5.53. The van der Waals surface area contributed by atoms with Gasteiger partial charge >= 0.3 is 0 Å². The number of nitrogen functional groups attached to an aromatic ring is 1. The molecule has 10 nitrogen and oxygen atoms in total. The third-order valence-electron chi connectivity index (χ3n) is 7.20. The van der Waals surface area contributed by atoms with Crippen LogP contribution in [0.25, 0.3) is 0 Å². The van der Waals surface area contributed by atoms with Crippen LogP contribution >= 0.6 is 11.6 Å². The molecule has 3 atom stereocenters. The molecule has 4 aliphatic rings. The Hall–Kier alpha value is -1.59. The molecule has 1 amide bonds. The van der Waals surface area contributed by atoms with Crippen LogP contribution in [0.5, 0.6) is 0 Å². The highest BCUT2D eigenvalue weighted by molar-refractivity contribution is 6.21. The van der Waals surface area contributed by atoms with Crippen molar-refractivity contribution in [3.63, 3.8) is 0 Å². The molecule has 3 saturated heterocycles. The monoisotopic (exact) mass is 452 g/mol. The second kappa shape index (κ2) is 8.40. The Bertz CT molecular complexity index is 820. The number of aromatic nitrogens is 2. The van der Waals surface area contributed by atoms with Crippen LogP contribution in [0.15, 0.2) is 0 Å². The molecule has 11 heteroatoms. The minimum atomic E-state index is -0.171. The molecular formula is C20H33ClN8O2. The number of hydrogen-bond donors (Lipinski definition) is 4. The van der Waals surface area contributed by atoms with Crippen molar-refractivity contribution in [3.8, 4) is 0 Å². The first-order valence-corrected chi connectivity index (χ1v) is 11.7. The Morgan fingerprint density at radius 2 is 2.06 bits per heavy atom. The molecule has 0 aromatic carbocycles. The van der Waals surface area contributed by atoms with E-state index in [0.717, 1.165) is 58.9 Å². The highest BCUT2D eigenvalue weighted by atomic mass is 35.5. The van der Waals surface area contributed by atoms with Crippen LogP contribution in [0, 0.1) is 0 Å². The summed E-state index contributed by atoms with van der Waals surface area (Å²) in [6.45, 7) is 10.9. The topological polar surface area (TPSA) is 113 Å². The van der Waals surface area contributed by atoms with E-state index in [0.29, 0.717) is 30.5 Å². The average molecular weight is 453 g/mol. The Morgan fingerprint density at radius 1 is 1.29 bits per heavy atom. The highest BCUT2D eigenvalue weighted by Gasteiger charge is 2.42. The lowest BCUT2D eigenvalue weighted by atomic mass is 9.94. The predicted molar refractivity (Wildman–Crippen MR) is 120 cm³/mol. The summed E-state index contributed by atoms with van der Waals surface area (Å²) in [5.74, 6) is 0.739. The SMILES string of the molecule is CC1(N2CCN(C3CCNCC3NC(=O)c3c(N)nn4c3NCC(Cl)C4)CC2)COC1. The van der Waals surface area contributed by atoms with E-state index >= 15 is 0 Å². The normalized spacial score (nSPS) is 31.4. The maximum atomic E-state index is 13.2. The van der Waals surface area contributed by atoms with E-state index in [4.69, 9.17) is 22.1 Å². The van der Waals surface area contributed by atoms with Crippen molar-refractivity contribution in [1.29, 1.82) is 0 Å². The highest BCUT2D eigenvalue weighted by Crippen LogP contribution is 2.28. The van der Waals surface area contributed by atoms with Gasteiger partial charge in [0.25, 0.3) is 5.91 Å². The van der Waals surface area contributed by atoms with Crippen LogP contribution in [-0.2, 0) is 11.3 Å². The molecule has 5 N–H and O–H groups in total. The Kier molecular flexibility index (Phi) is 5.76. The Morgan fingerprint density at radius 3 is 2.77 bits per heavy atom. The number of carbonyl (C=O) groups is 1. The van der Waals surface area contributed by atoms with Crippen molar-refractivity contribution in [2.45, 2.75) is 42.9 Å². The number of alkyl halides is 1. The summed E-state index contributed by atoms with van der Waals surface area (Å²) in [5, 5.41) is 14.1. The van der Waals surface area contributed by atoms with Crippen LogP contribution < -0.4 is 21.7 Å². The molecule has 5 rings (SSSR count). The van der Waals surface area contributed by atoms with E-state index in [2.05, 4.69) is 37.8 Å². The van der Waals surface area contributed by atoms with E-state index in [1.54, 1.807) is 4.68 Å². The van der Waals surface area contributed by atoms with Gasteiger partial charge in [-0.25, -0.2) is 4.68 Å². The van der Waals surface area contributed by atoms with Gasteiger partial charge in [0.05, 0.1) is 36.7 Å². The van der Waals surface area contributed by atoms with E-state index in [1.165, 1.54) is 0 Å². The number of nitrogens with two attached hydrogens (primary N) is 1. The molecule has 1 aromatic rings. The standard InChI is InChI=1S/C20H33ClN8O2/c1-20(11-31-12-20)28-6-4-27(5-7-28)15-2-3-23-9-14(15)25-19(30)16-17(22)26-29-10-13(21)8-24-18(16)29/h13-15,23-24H,2-12H2,1H3,(H2,22,26)(H,25,30). The Balaban J connectivity index is 1.25.